The van der Waals surface area contributed by atoms with Crippen molar-refractivity contribution in [3.8, 4) is 10.7 Å². The SMILES string of the molecule is CCc1nc(-c2cc(NC(=O)[C@@H]3CC(=O)N(c4cccc(Cl)c4)C3)c(C)s2)no1. The molecule has 0 radical (unpaired) electrons. The molecule has 4 rings (SSSR count). The molecular weight excluding hydrogens is 412 g/mol. The molecule has 1 saturated heterocycles. The molecule has 9 heteroatoms. The number of thiophene rings is 1. The molecular formula is C20H19ClN4O3S. The van der Waals surface area contributed by atoms with Gasteiger partial charge in [0.1, 0.15) is 0 Å². The van der Waals surface area contributed by atoms with Crippen molar-refractivity contribution in [3.63, 3.8) is 0 Å². The van der Waals surface area contributed by atoms with Gasteiger partial charge in [0.2, 0.25) is 23.5 Å². The van der Waals surface area contributed by atoms with Crippen LogP contribution in [0.3, 0.4) is 0 Å². The van der Waals surface area contributed by atoms with Crippen LogP contribution in [-0.2, 0) is 16.0 Å². The highest BCUT2D eigenvalue weighted by Crippen LogP contribution is 2.34. The molecule has 0 bridgehead atoms. The smallest absolute Gasteiger partial charge is 0.229 e. The summed E-state index contributed by atoms with van der Waals surface area (Å²) in [7, 11) is 0. The first kappa shape index (κ1) is 19.6. The molecule has 2 aromatic heterocycles. The maximum atomic E-state index is 12.8. The fraction of sp³-hybridized carbons (Fsp3) is 0.300. The summed E-state index contributed by atoms with van der Waals surface area (Å²) in [6.45, 7) is 4.19. The largest absolute Gasteiger partial charge is 0.339 e. The molecule has 1 aliphatic heterocycles. The molecule has 0 unspecified atom stereocenters. The predicted octanol–water partition coefficient (Wildman–Crippen LogP) is 4.31. The number of aromatic nitrogens is 2. The van der Waals surface area contributed by atoms with Gasteiger partial charge < -0.3 is 14.7 Å². The Kier molecular flexibility index (Phi) is 5.38. The van der Waals surface area contributed by atoms with Gasteiger partial charge in [0, 0.05) is 35.0 Å². The van der Waals surface area contributed by atoms with Crippen LogP contribution in [0.2, 0.25) is 5.02 Å². The van der Waals surface area contributed by atoms with Gasteiger partial charge in [-0.15, -0.1) is 11.3 Å². The van der Waals surface area contributed by atoms with Crippen molar-refractivity contribution >= 4 is 46.1 Å². The standard InChI is InChI=1S/C20H19ClN4O3S/c1-3-17-23-19(24-28-17)16-9-15(11(2)29-16)22-20(27)12-7-18(26)25(10-12)14-6-4-5-13(21)8-14/h4-6,8-9,12H,3,7,10H2,1-2H3,(H,22,27)/t12-/m1/s1. The lowest BCUT2D eigenvalue weighted by Gasteiger charge is -2.17. The minimum atomic E-state index is -0.430. The molecule has 2 amide bonds. The normalized spacial score (nSPS) is 16.4. The summed E-state index contributed by atoms with van der Waals surface area (Å²) in [5, 5.41) is 7.48. The maximum Gasteiger partial charge on any atom is 0.229 e. The summed E-state index contributed by atoms with van der Waals surface area (Å²) in [6.07, 6.45) is 0.832. The Labute approximate surface area is 176 Å². The van der Waals surface area contributed by atoms with Crippen molar-refractivity contribution in [2.24, 2.45) is 5.92 Å². The molecule has 150 valence electrons. The van der Waals surface area contributed by atoms with Crippen LogP contribution < -0.4 is 10.2 Å². The first-order valence-electron chi connectivity index (χ1n) is 9.24. The lowest BCUT2D eigenvalue weighted by atomic mass is 10.1. The number of benzene rings is 1. The molecule has 1 aliphatic rings. The summed E-state index contributed by atoms with van der Waals surface area (Å²) in [5.41, 5.74) is 1.40. The highest BCUT2D eigenvalue weighted by molar-refractivity contribution is 7.16. The summed E-state index contributed by atoms with van der Waals surface area (Å²) in [6, 6.07) is 8.92. The highest BCUT2D eigenvalue weighted by atomic mass is 35.5. The zero-order valence-corrected chi connectivity index (χ0v) is 17.5. The van der Waals surface area contributed by atoms with E-state index in [0.29, 0.717) is 41.1 Å². The Morgan fingerprint density at radius 1 is 1.41 bits per heavy atom. The van der Waals surface area contributed by atoms with Crippen molar-refractivity contribution < 1.29 is 14.1 Å². The number of anilines is 2. The number of rotatable bonds is 5. The van der Waals surface area contributed by atoms with Gasteiger partial charge in [0.15, 0.2) is 0 Å². The first-order valence-corrected chi connectivity index (χ1v) is 10.4. The Bertz CT molecular complexity index is 1080. The quantitative estimate of drug-likeness (QED) is 0.651. The Morgan fingerprint density at radius 2 is 2.24 bits per heavy atom. The van der Waals surface area contributed by atoms with E-state index >= 15 is 0 Å². The highest BCUT2D eigenvalue weighted by Gasteiger charge is 2.35. The topological polar surface area (TPSA) is 88.3 Å². The molecule has 29 heavy (non-hydrogen) atoms. The van der Waals surface area contributed by atoms with E-state index in [1.165, 1.54) is 11.3 Å². The van der Waals surface area contributed by atoms with Crippen LogP contribution in [-0.4, -0.2) is 28.5 Å². The van der Waals surface area contributed by atoms with E-state index < -0.39 is 5.92 Å². The van der Waals surface area contributed by atoms with Crippen LogP contribution in [0.1, 0.15) is 24.1 Å². The van der Waals surface area contributed by atoms with Crippen molar-refractivity contribution in [2.45, 2.75) is 26.7 Å². The number of aryl methyl sites for hydroxylation is 2. The average Bonchev–Trinajstić information content (AvgIpc) is 3.40. The van der Waals surface area contributed by atoms with Crippen LogP contribution in [0, 0.1) is 12.8 Å². The lowest BCUT2D eigenvalue weighted by Crippen LogP contribution is -2.28. The predicted molar refractivity (Wildman–Crippen MR) is 112 cm³/mol. The number of amides is 2. The van der Waals surface area contributed by atoms with Crippen LogP contribution in [0.4, 0.5) is 11.4 Å². The molecule has 0 aliphatic carbocycles. The van der Waals surface area contributed by atoms with Crippen LogP contribution in [0.5, 0.6) is 0 Å². The van der Waals surface area contributed by atoms with E-state index in [9.17, 15) is 9.59 Å². The second kappa shape index (κ2) is 7.96. The molecule has 1 N–H and O–H groups in total. The van der Waals surface area contributed by atoms with E-state index in [1.54, 1.807) is 23.1 Å². The van der Waals surface area contributed by atoms with Crippen LogP contribution in [0.25, 0.3) is 10.7 Å². The summed E-state index contributed by atoms with van der Waals surface area (Å²) in [5.74, 6) is 0.383. The van der Waals surface area contributed by atoms with Gasteiger partial charge in [0.25, 0.3) is 0 Å². The van der Waals surface area contributed by atoms with E-state index in [2.05, 4.69) is 15.5 Å². The van der Waals surface area contributed by atoms with E-state index in [-0.39, 0.29) is 18.2 Å². The minimum Gasteiger partial charge on any atom is -0.339 e. The minimum absolute atomic E-state index is 0.0889. The van der Waals surface area contributed by atoms with Crippen molar-refractivity contribution in [1.82, 2.24) is 10.1 Å². The number of hydrogen-bond acceptors (Lipinski definition) is 6. The fourth-order valence-corrected chi connectivity index (χ4v) is 4.31. The zero-order chi connectivity index (χ0) is 20.5. The number of nitrogens with zero attached hydrogens (tertiary/aromatic N) is 3. The number of nitrogens with one attached hydrogen (secondary N) is 1. The third kappa shape index (κ3) is 4.04. The second-order valence-corrected chi connectivity index (χ2v) is 8.51. The number of carbonyl (C=O) groups is 2. The lowest BCUT2D eigenvalue weighted by molar-refractivity contribution is -0.122. The van der Waals surface area contributed by atoms with Gasteiger partial charge in [0.05, 0.1) is 16.5 Å². The van der Waals surface area contributed by atoms with Gasteiger partial charge in [-0.05, 0) is 31.2 Å². The molecule has 0 saturated carbocycles. The van der Waals surface area contributed by atoms with Gasteiger partial charge in [-0.1, -0.05) is 29.7 Å². The van der Waals surface area contributed by atoms with Crippen molar-refractivity contribution in [1.29, 1.82) is 0 Å². The number of hydrogen-bond donors (Lipinski definition) is 1. The second-order valence-electron chi connectivity index (χ2n) is 6.82. The van der Waals surface area contributed by atoms with Crippen molar-refractivity contribution in [3.05, 3.63) is 46.1 Å². The molecule has 3 aromatic rings. The van der Waals surface area contributed by atoms with Gasteiger partial charge in [-0.3, -0.25) is 9.59 Å². The Balaban J connectivity index is 1.46. The first-order chi connectivity index (χ1) is 13.9. The molecule has 7 nitrogen and oxygen atoms in total. The summed E-state index contributed by atoms with van der Waals surface area (Å²) < 4.78 is 5.16. The number of carbonyl (C=O) groups excluding carboxylic acids is 2. The average molecular weight is 431 g/mol. The van der Waals surface area contributed by atoms with Gasteiger partial charge >= 0.3 is 0 Å². The monoisotopic (exact) mass is 430 g/mol. The third-order valence-electron chi connectivity index (χ3n) is 4.78. The third-order valence-corrected chi connectivity index (χ3v) is 6.06. The Hall–Kier alpha value is -2.71. The molecule has 1 fully saturated rings. The summed E-state index contributed by atoms with van der Waals surface area (Å²) in [4.78, 5) is 32.9. The van der Waals surface area contributed by atoms with Crippen molar-refractivity contribution in [2.75, 3.05) is 16.8 Å². The van der Waals surface area contributed by atoms with E-state index in [1.807, 2.05) is 26.0 Å². The summed E-state index contributed by atoms with van der Waals surface area (Å²) >= 11 is 7.51. The van der Waals surface area contributed by atoms with E-state index in [0.717, 1.165) is 9.75 Å². The Morgan fingerprint density at radius 3 is 2.97 bits per heavy atom. The molecule has 3 heterocycles. The number of halogens is 1. The van der Waals surface area contributed by atoms with Gasteiger partial charge in [-0.2, -0.15) is 4.98 Å². The molecule has 1 atom stereocenters. The van der Waals surface area contributed by atoms with Crippen LogP contribution >= 0.6 is 22.9 Å². The van der Waals surface area contributed by atoms with Gasteiger partial charge in [-0.25, -0.2) is 0 Å². The van der Waals surface area contributed by atoms with E-state index in [4.69, 9.17) is 16.1 Å². The van der Waals surface area contributed by atoms with Crippen LogP contribution in [0.15, 0.2) is 34.9 Å². The maximum absolute atomic E-state index is 12.8. The molecule has 0 spiro atoms. The zero-order valence-electron chi connectivity index (χ0n) is 15.9. The fourth-order valence-electron chi connectivity index (χ4n) is 3.23. The molecule has 1 aromatic carbocycles.